The van der Waals surface area contributed by atoms with E-state index in [2.05, 4.69) is 16.4 Å². The normalized spacial score (nSPS) is 13.0. The summed E-state index contributed by atoms with van der Waals surface area (Å²) in [5.41, 5.74) is 8.53. The highest BCUT2D eigenvalue weighted by molar-refractivity contribution is 5.49. The molecule has 0 atom stereocenters. The van der Waals surface area contributed by atoms with Crippen LogP contribution in [0.15, 0.2) is 30.3 Å². The monoisotopic (exact) mass is 285 g/mol. The van der Waals surface area contributed by atoms with Crippen molar-refractivity contribution in [2.24, 2.45) is 0 Å². The van der Waals surface area contributed by atoms with Crippen molar-refractivity contribution in [3.8, 4) is 11.5 Å². The lowest BCUT2D eigenvalue weighted by atomic mass is 10.1. The lowest BCUT2D eigenvalue weighted by Crippen LogP contribution is -2.15. The van der Waals surface area contributed by atoms with Crippen LogP contribution in [-0.2, 0) is 6.42 Å². The van der Waals surface area contributed by atoms with Crippen LogP contribution in [0.25, 0.3) is 0 Å². The van der Waals surface area contributed by atoms with E-state index >= 15 is 0 Å². The Bertz CT molecular complexity index is 643. The molecule has 2 aromatic rings. The highest BCUT2D eigenvalue weighted by Crippen LogP contribution is 2.30. The number of nitrogens with one attached hydrogen (secondary N) is 1. The quantitative estimate of drug-likeness (QED) is 0.902. The standard InChI is InChI=1S/C16H19N3O2/c1-11-13(17)3-5-16(19-11)18-7-6-12-2-4-14-15(10-12)21-9-8-20-14/h2-5,10H,6-9,17H2,1H3,(H,18,19). The molecule has 3 N–H and O–H groups in total. The van der Waals surface area contributed by atoms with E-state index in [1.54, 1.807) is 0 Å². The summed E-state index contributed by atoms with van der Waals surface area (Å²) < 4.78 is 11.1. The molecule has 3 rings (SSSR count). The second-order valence-electron chi connectivity index (χ2n) is 5.03. The summed E-state index contributed by atoms with van der Waals surface area (Å²) in [4.78, 5) is 4.39. The van der Waals surface area contributed by atoms with Crippen LogP contribution in [0.2, 0.25) is 0 Å². The number of fused-ring (bicyclic) bond motifs is 1. The van der Waals surface area contributed by atoms with E-state index in [-0.39, 0.29) is 0 Å². The molecule has 110 valence electrons. The fourth-order valence-electron chi connectivity index (χ4n) is 2.25. The first-order valence-corrected chi connectivity index (χ1v) is 7.08. The lowest BCUT2D eigenvalue weighted by Gasteiger charge is -2.19. The van der Waals surface area contributed by atoms with Crippen LogP contribution in [0.5, 0.6) is 11.5 Å². The van der Waals surface area contributed by atoms with E-state index in [1.165, 1.54) is 5.56 Å². The third kappa shape index (κ3) is 3.18. The fourth-order valence-corrected chi connectivity index (χ4v) is 2.25. The molecule has 1 aliphatic rings. The molecule has 0 amide bonds. The van der Waals surface area contributed by atoms with Gasteiger partial charge in [-0.3, -0.25) is 0 Å². The van der Waals surface area contributed by atoms with E-state index < -0.39 is 0 Å². The number of anilines is 2. The lowest BCUT2D eigenvalue weighted by molar-refractivity contribution is 0.171. The molecular formula is C16H19N3O2. The largest absolute Gasteiger partial charge is 0.486 e. The summed E-state index contributed by atoms with van der Waals surface area (Å²) in [5, 5.41) is 3.30. The summed E-state index contributed by atoms with van der Waals surface area (Å²) in [6.45, 7) is 3.94. The van der Waals surface area contributed by atoms with Crippen molar-refractivity contribution in [1.29, 1.82) is 0 Å². The number of aryl methyl sites for hydroxylation is 1. The minimum absolute atomic E-state index is 0.614. The van der Waals surface area contributed by atoms with Crippen LogP contribution in [0.3, 0.4) is 0 Å². The van der Waals surface area contributed by atoms with E-state index in [4.69, 9.17) is 15.2 Å². The minimum atomic E-state index is 0.614. The van der Waals surface area contributed by atoms with Crippen LogP contribution in [0, 0.1) is 6.92 Å². The molecule has 0 unspecified atom stereocenters. The van der Waals surface area contributed by atoms with Crippen molar-refractivity contribution in [2.45, 2.75) is 13.3 Å². The van der Waals surface area contributed by atoms with Gasteiger partial charge in [-0.1, -0.05) is 6.07 Å². The average Bonchev–Trinajstić information content (AvgIpc) is 2.51. The first-order valence-electron chi connectivity index (χ1n) is 7.08. The Morgan fingerprint density at radius 1 is 1.14 bits per heavy atom. The van der Waals surface area contributed by atoms with Gasteiger partial charge >= 0.3 is 0 Å². The highest BCUT2D eigenvalue weighted by Gasteiger charge is 2.11. The molecule has 0 fully saturated rings. The number of nitrogen functional groups attached to an aromatic ring is 1. The Hall–Kier alpha value is -2.43. The third-order valence-corrected chi connectivity index (χ3v) is 3.45. The van der Waals surface area contributed by atoms with Crippen molar-refractivity contribution in [1.82, 2.24) is 4.98 Å². The van der Waals surface area contributed by atoms with Crippen molar-refractivity contribution in [2.75, 3.05) is 30.8 Å². The molecule has 1 aromatic heterocycles. The Morgan fingerprint density at radius 2 is 1.95 bits per heavy atom. The summed E-state index contributed by atoms with van der Waals surface area (Å²) in [6, 6.07) is 9.84. The number of ether oxygens (including phenoxy) is 2. The molecule has 0 saturated heterocycles. The zero-order valence-electron chi connectivity index (χ0n) is 12.1. The Morgan fingerprint density at radius 3 is 2.76 bits per heavy atom. The van der Waals surface area contributed by atoms with Gasteiger partial charge in [0.05, 0.1) is 11.4 Å². The van der Waals surface area contributed by atoms with Gasteiger partial charge in [0.1, 0.15) is 19.0 Å². The molecule has 21 heavy (non-hydrogen) atoms. The first-order chi connectivity index (χ1) is 10.2. The summed E-state index contributed by atoms with van der Waals surface area (Å²) in [7, 11) is 0. The summed E-state index contributed by atoms with van der Waals surface area (Å²) in [5.74, 6) is 2.51. The fraction of sp³-hybridized carbons (Fsp3) is 0.312. The molecule has 5 nitrogen and oxygen atoms in total. The predicted molar refractivity (Wildman–Crippen MR) is 83.0 cm³/mol. The highest BCUT2D eigenvalue weighted by atomic mass is 16.6. The maximum absolute atomic E-state index is 5.76. The number of hydrogen-bond acceptors (Lipinski definition) is 5. The van der Waals surface area contributed by atoms with Gasteiger partial charge < -0.3 is 20.5 Å². The van der Waals surface area contributed by atoms with Crippen molar-refractivity contribution >= 4 is 11.5 Å². The SMILES string of the molecule is Cc1nc(NCCc2ccc3c(c2)OCCO3)ccc1N. The second-order valence-corrected chi connectivity index (χ2v) is 5.03. The first kappa shape index (κ1) is 13.5. The van der Waals surface area contributed by atoms with Gasteiger partial charge in [0, 0.05) is 6.54 Å². The Labute approximate surface area is 124 Å². The van der Waals surface area contributed by atoms with Gasteiger partial charge in [0.15, 0.2) is 11.5 Å². The van der Waals surface area contributed by atoms with E-state index in [1.807, 2.05) is 31.2 Å². The van der Waals surface area contributed by atoms with Crippen LogP contribution >= 0.6 is 0 Å². The molecule has 1 aromatic carbocycles. The van der Waals surface area contributed by atoms with Gasteiger partial charge in [0.25, 0.3) is 0 Å². The van der Waals surface area contributed by atoms with Gasteiger partial charge in [-0.05, 0) is 43.2 Å². The Kier molecular flexibility index (Phi) is 3.81. The van der Waals surface area contributed by atoms with Crippen LogP contribution < -0.4 is 20.5 Å². The number of benzene rings is 1. The molecular weight excluding hydrogens is 266 g/mol. The number of hydrogen-bond donors (Lipinski definition) is 2. The van der Waals surface area contributed by atoms with E-state index in [0.717, 1.165) is 36.0 Å². The molecule has 0 aliphatic carbocycles. The molecule has 0 spiro atoms. The zero-order chi connectivity index (χ0) is 14.7. The van der Waals surface area contributed by atoms with Gasteiger partial charge in [-0.2, -0.15) is 0 Å². The van der Waals surface area contributed by atoms with Gasteiger partial charge in [0.2, 0.25) is 0 Å². The summed E-state index contributed by atoms with van der Waals surface area (Å²) >= 11 is 0. The van der Waals surface area contributed by atoms with E-state index in [0.29, 0.717) is 18.9 Å². The maximum Gasteiger partial charge on any atom is 0.161 e. The number of rotatable bonds is 4. The van der Waals surface area contributed by atoms with Crippen LogP contribution in [-0.4, -0.2) is 24.7 Å². The molecule has 5 heteroatoms. The maximum atomic E-state index is 5.76. The average molecular weight is 285 g/mol. The number of nitrogens with zero attached hydrogens (tertiary/aromatic N) is 1. The second kappa shape index (κ2) is 5.91. The number of aromatic nitrogens is 1. The number of pyridine rings is 1. The summed E-state index contributed by atoms with van der Waals surface area (Å²) in [6.07, 6.45) is 0.891. The Balaban J connectivity index is 1.58. The van der Waals surface area contributed by atoms with Gasteiger partial charge in [-0.25, -0.2) is 4.98 Å². The zero-order valence-corrected chi connectivity index (χ0v) is 12.1. The smallest absolute Gasteiger partial charge is 0.161 e. The molecule has 0 saturated carbocycles. The molecule has 0 radical (unpaired) electrons. The third-order valence-electron chi connectivity index (χ3n) is 3.45. The topological polar surface area (TPSA) is 69.4 Å². The molecule has 2 heterocycles. The molecule has 1 aliphatic heterocycles. The van der Waals surface area contributed by atoms with Gasteiger partial charge in [-0.15, -0.1) is 0 Å². The number of nitrogens with two attached hydrogens (primary N) is 1. The van der Waals surface area contributed by atoms with Crippen LogP contribution in [0.4, 0.5) is 11.5 Å². The van der Waals surface area contributed by atoms with Crippen LogP contribution in [0.1, 0.15) is 11.3 Å². The van der Waals surface area contributed by atoms with Crippen molar-refractivity contribution < 1.29 is 9.47 Å². The van der Waals surface area contributed by atoms with Crippen molar-refractivity contribution in [3.63, 3.8) is 0 Å². The van der Waals surface area contributed by atoms with E-state index in [9.17, 15) is 0 Å². The molecule has 0 bridgehead atoms. The predicted octanol–water partition coefficient (Wildman–Crippen LogP) is 2.40. The minimum Gasteiger partial charge on any atom is -0.486 e. The van der Waals surface area contributed by atoms with Crippen molar-refractivity contribution in [3.05, 3.63) is 41.6 Å².